The van der Waals surface area contributed by atoms with Gasteiger partial charge in [0.15, 0.2) is 0 Å². The molecule has 2 aromatic rings. The van der Waals surface area contributed by atoms with Crippen molar-refractivity contribution in [1.82, 2.24) is 9.29 Å². The highest BCUT2D eigenvalue weighted by atomic mass is 32.2. The Morgan fingerprint density at radius 2 is 1.79 bits per heavy atom. The Morgan fingerprint density at radius 3 is 2.39 bits per heavy atom. The van der Waals surface area contributed by atoms with Gasteiger partial charge in [-0.1, -0.05) is 18.2 Å². The van der Waals surface area contributed by atoms with Gasteiger partial charge in [-0.25, -0.2) is 22.2 Å². The van der Waals surface area contributed by atoms with E-state index < -0.39 is 27.6 Å². The van der Waals surface area contributed by atoms with Crippen LogP contribution < -0.4 is 5.32 Å². The maximum Gasteiger partial charge on any atom is 0.244 e. The molecule has 1 aliphatic rings. The molecule has 0 spiro atoms. The zero-order chi connectivity index (χ0) is 20.1. The van der Waals surface area contributed by atoms with Gasteiger partial charge in [-0.2, -0.15) is 4.31 Å². The Morgan fingerprint density at radius 1 is 1.11 bits per heavy atom. The van der Waals surface area contributed by atoms with Crippen LogP contribution in [0.2, 0.25) is 0 Å². The lowest BCUT2D eigenvalue weighted by molar-refractivity contribution is -0.113. The minimum Gasteiger partial charge on any atom is -0.325 e. The van der Waals surface area contributed by atoms with Crippen LogP contribution in [-0.2, 0) is 14.8 Å². The van der Waals surface area contributed by atoms with Crippen LogP contribution in [0.25, 0.3) is 0 Å². The van der Waals surface area contributed by atoms with Crippen molar-refractivity contribution in [1.29, 1.82) is 0 Å². The first-order valence-electron chi connectivity index (χ1n) is 8.69. The molecule has 1 saturated heterocycles. The minimum absolute atomic E-state index is 0.0269. The fraction of sp³-hybridized carbons (Fsp3) is 0.333. The van der Waals surface area contributed by atoms with E-state index >= 15 is 0 Å². The first kappa shape index (κ1) is 20.7. The maximum atomic E-state index is 13.1. The topological polar surface area (TPSA) is 79.4 Å². The summed E-state index contributed by atoms with van der Waals surface area (Å²) in [6.45, 7) is 1.03. The third kappa shape index (κ3) is 5.27. The van der Waals surface area contributed by atoms with Crippen LogP contribution in [0, 0.1) is 11.6 Å². The number of carbonyl (C=O) groups is 1. The third-order valence-electron chi connectivity index (χ3n) is 4.16. The van der Waals surface area contributed by atoms with Crippen molar-refractivity contribution in [3.8, 4) is 0 Å². The maximum absolute atomic E-state index is 13.1. The van der Waals surface area contributed by atoms with Gasteiger partial charge in [0, 0.05) is 31.0 Å². The third-order valence-corrected chi connectivity index (χ3v) is 6.99. The standard InChI is InChI=1S/C18H19F2N3O3S2/c19-13-8-14(20)10-15(9-13)22-17(24)12-27-18-5-4-16(11-21-18)28(25,26)23-6-2-1-3-7-23/h4-5,8-11H,1-3,6-7,12H2,(H,22,24). The van der Waals surface area contributed by atoms with Gasteiger partial charge in [0.25, 0.3) is 0 Å². The molecule has 0 atom stereocenters. The molecule has 0 bridgehead atoms. The number of hydrogen-bond donors (Lipinski definition) is 1. The molecular weight excluding hydrogens is 408 g/mol. The van der Waals surface area contributed by atoms with Gasteiger partial charge >= 0.3 is 0 Å². The summed E-state index contributed by atoms with van der Waals surface area (Å²) in [6, 6.07) is 5.76. The first-order valence-corrected chi connectivity index (χ1v) is 11.1. The van der Waals surface area contributed by atoms with Crippen LogP contribution in [0.3, 0.4) is 0 Å². The molecule has 1 fully saturated rings. The van der Waals surface area contributed by atoms with Crippen molar-refractivity contribution in [2.45, 2.75) is 29.2 Å². The number of thioether (sulfide) groups is 1. The largest absolute Gasteiger partial charge is 0.325 e. The number of benzene rings is 1. The number of pyridine rings is 1. The predicted molar refractivity (Wildman–Crippen MR) is 103 cm³/mol. The van der Waals surface area contributed by atoms with Crippen molar-refractivity contribution < 1.29 is 22.0 Å². The number of halogens is 2. The SMILES string of the molecule is O=C(CSc1ccc(S(=O)(=O)N2CCCCC2)cn1)Nc1cc(F)cc(F)c1. The lowest BCUT2D eigenvalue weighted by Gasteiger charge is -2.25. The van der Waals surface area contributed by atoms with E-state index in [0.29, 0.717) is 24.2 Å². The van der Waals surface area contributed by atoms with Crippen LogP contribution >= 0.6 is 11.8 Å². The van der Waals surface area contributed by atoms with Crippen molar-refractivity contribution in [2.24, 2.45) is 0 Å². The second-order valence-electron chi connectivity index (χ2n) is 6.29. The smallest absolute Gasteiger partial charge is 0.244 e. The van der Waals surface area contributed by atoms with Crippen LogP contribution in [0.4, 0.5) is 14.5 Å². The summed E-state index contributed by atoms with van der Waals surface area (Å²) in [6.07, 6.45) is 4.02. The monoisotopic (exact) mass is 427 g/mol. The number of sulfonamides is 1. The van der Waals surface area contributed by atoms with Crippen LogP contribution in [0.15, 0.2) is 46.5 Å². The molecule has 0 radical (unpaired) electrons. The Balaban J connectivity index is 1.57. The fourth-order valence-corrected chi connectivity index (χ4v) is 4.93. The molecule has 6 nitrogen and oxygen atoms in total. The number of hydrogen-bond acceptors (Lipinski definition) is 5. The van der Waals surface area contributed by atoms with E-state index in [0.717, 1.165) is 43.2 Å². The van der Waals surface area contributed by atoms with E-state index in [4.69, 9.17) is 0 Å². The van der Waals surface area contributed by atoms with Crippen LogP contribution in [0.1, 0.15) is 19.3 Å². The Hall–Kier alpha value is -2.04. The van der Waals surface area contributed by atoms with Crippen LogP contribution in [0.5, 0.6) is 0 Å². The average Bonchev–Trinajstić information content (AvgIpc) is 2.66. The second-order valence-corrected chi connectivity index (χ2v) is 9.23. The van der Waals surface area contributed by atoms with Gasteiger partial charge in [0.1, 0.15) is 16.5 Å². The van der Waals surface area contributed by atoms with E-state index in [1.807, 2.05) is 0 Å². The van der Waals surface area contributed by atoms with Gasteiger partial charge in [-0.3, -0.25) is 4.79 Å². The highest BCUT2D eigenvalue weighted by Crippen LogP contribution is 2.22. The van der Waals surface area contributed by atoms with E-state index in [1.54, 1.807) is 0 Å². The van der Waals surface area contributed by atoms with E-state index in [1.165, 1.54) is 22.6 Å². The molecule has 2 heterocycles. The molecule has 150 valence electrons. The number of piperidine rings is 1. The molecule has 1 N–H and O–H groups in total. The first-order chi connectivity index (χ1) is 13.3. The summed E-state index contributed by atoms with van der Waals surface area (Å²) in [5.74, 6) is -2.06. The molecule has 3 rings (SSSR count). The molecule has 10 heteroatoms. The highest BCUT2D eigenvalue weighted by molar-refractivity contribution is 7.99. The molecular formula is C18H19F2N3O3S2. The number of carbonyl (C=O) groups excluding carboxylic acids is 1. The summed E-state index contributed by atoms with van der Waals surface area (Å²) in [4.78, 5) is 16.2. The molecule has 0 aliphatic carbocycles. The van der Waals surface area contributed by atoms with Gasteiger partial charge < -0.3 is 5.32 Å². The predicted octanol–water partition coefficient (Wildman–Crippen LogP) is 3.27. The molecule has 1 amide bonds. The van der Waals surface area contributed by atoms with Crippen LogP contribution in [-0.4, -0.2) is 42.5 Å². The van der Waals surface area contributed by atoms with Gasteiger partial charge in [-0.15, -0.1) is 0 Å². The number of anilines is 1. The number of amides is 1. The van der Waals surface area contributed by atoms with Crippen molar-refractivity contribution >= 4 is 33.4 Å². The van der Waals surface area contributed by atoms with Crippen molar-refractivity contribution in [3.63, 3.8) is 0 Å². The van der Waals surface area contributed by atoms with Crippen molar-refractivity contribution in [2.75, 3.05) is 24.2 Å². The van der Waals surface area contributed by atoms with Gasteiger partial charge in [-0.05, 0) is 37.1 Å². The fourth-order valence-electron chi connectivity index (χ4n) is 2.82. The molecule has 28 heavy (non-hydrogen) atoms. The molecule has 0 unspecified atom stereocenters. The van der Waals surface area contributed by atoms with Crippen molar-refractivity contribution in [3.05, 3.63) is 48.2 Å². The summed E-state index contributed by atoms with van der Waals surface area (Å²) in [5.41, 5.74) is 0.0269. The zero-order valence-corrected chi connectivity index (χ0v) is 16.5. The number of nitrogens with one attached hydrogen (secondary N) is 1. The lowest BCUT2D eigenvalue weighted by atomic mass is 10.2. The van der Waals surface area contributed by atoms with E-state index in [9.17, 15) is 22.0 Å². The van der Waals surface area contributed by atoms with Gasteiger partial charge in [0.2, 0.25) is 15.9 Å². The summed E-state index contributed by atoms with van der Waals surface area (Å²) < 4.78 is 52.9. The minimum atomic E-state index is -3.55. The molecule has 0 saturated carbocycles. The normalized spacial score (nSPS) is 15.4. The van der Waals surface area contributed by atoms with Gasteiger partial charge in [0.05, 0.1) is 10.8 Å². The number of aromatic nitrogens is 1. The Labute approximate surface area is 166 Å². The average molecular weight is 427 g/mol. The summed E-state index contributed by atoms with van der Waals surface area (Å²) >= 11 is 1.09. The second kappa shape index (κ2) is 8.97. The van der Waals surface area contributed by atoms with E-state index in [-0.39, 0.29) is 16.3 Å². The summed E-state index contributed by atoms with van der Waals surface area (Å²) in [5, 5.41) is 2.87. The summed E-state index contributed by atoms with van der Waals surface area (Å²) in [7, 11) is -3.55. The Kier molecular flexibility index (Phi) is 6.63. The number of rotatable bonds is 6. The van der Waals surface area contributed by atoms with E-state index in [2.05, 4.69) is 10.3 Å². The molecule has 1 aromatic heterocycles. The zero-order valence-electron chi connectivity index (χ0n) is 14.9. The Bertz CT molecular complexity index is 927. The molecule has 1 aromatic carbocycles. The lowest BCUT2D eigenvalue weighted by Crippen LogP contribution is -2.35. The number of nitrogens with zero attached hydrogens (tertiary/aromatic N) is 2. The quantitative estimate of drug-likeness (QED) is 0.716. The highest BCUT2D eigenvalue weighted by Gasteiger charge is 2.26. The molecule has 1 aliphatic heterocycles.